The molecule has 6 amide bonds. The molecule has 0 spiro atoms. The van der Waals surface area contributed by atoms with Crippen molar-refractivity contribution in [1.82, 2.24) is 26.2 Å². The van der Waals surface area contributed by atoms with Gasteiger partial charge in [-0.2, -0.15) is 0 Å². The maximum absolute atomic E-state index is 13.5. The lowest BCUT2D eigenvalue weighted by atomic mass is 10.0. The normalized spacial score (nSPS) is 16.6. The largest absolute Gasteiger partial charge is 0.481 e. The number of aliphatic carboxylic acids is 2. The highest BCUT2D eigenvalue weighted by molar-refractivity contribution is 5.95. The number of carbonyl (C=O) groups excluding carboxylic acids is 6. The molecule has 0 radical (unpaired) electrons. The minimum Gasteiger partial charge on any atom is -0.481 e. The first kappa shape index (κ1) is 38.1. The molecule has 1 heterocycles. The Morgan fingerprint density at radius 3 is 2.11 bits per heavy atom. The van der Waals surface area contributed by atoms with E-state index in [1.807, 2.05) is 0 Å². The van der Waals surface area contributed by atoms with Gasteiger partial charge in [0, 0.05) is 25.8 Å². The highest BCUT2D eigenvalue weighted by Crippen LogP contribution is 2.20. The number of hydrogen-bond acceptors (Lipinski definition) is 10. The number of rotatable bonds is 19. The number of aliphatic hydroxyl groups is 1. The van der Waals surface area contributed by atoms with Gasteiger partial charge in [0.05, 0.1) is 19.2 Å². The molecule has 0 aromatic heterocycles. The Morgan fingerprint density at radius 1 is 0.851 bits per heavy atom. The van der Waals surface area contributed by atoms with Crippen LogP contribution in [0, 0.1) is 0 Å². The van der Waals surface area contributed by atoms with E-state index in [2.05, 4.69) is 21.3 Å². The summed E-state index contributed by atoms with van der Waals surface area (Å²) in [6, 6.07) is 1.95. The third-order valence-corrected chi connectivity index (χ3v) is 7.29. The van der Waals surface area contributed by atoms with Gasteiger partial charge in [-0.1, -0.05) is 30.3 Å². The molecular formula is C29H41N7O11. The van der Waals surface area contributed by atoms with Crippen LogP contribution < -0.4 is 32.7 Å². The Hall–Kier alpha value is -5.10. The number of carboxylic acid groups (broad SMARTS) is 2. The van der Waals surface area contributed by atoms with Crippen molar-refractivity contribution in [2.75, 3.05) is 19.7 Å². The molecule has 0 unspecified atom stereocenters. The number of amides is 6. The van der Waals surface area contributed by atoms with Crippen molar-refractivity contribution in [3.8, 4) is 0 Å². The van der Waals surface area contributed by atoms with Crippen molar-refractivity contribution in [3.63, 3.8) is 0 Å². The van der Waals surface area contributed by atoms with E-state index < -0.39 is 97.2 Å². The summed E-state index contributed by atoms with van der Waals surface area (Å²) >= 11 is 0. The number of carboxylic acids is 2. The summed E-state index contributed by atoms with van der Waals surface area (Å²) in [4.78, 5) is 99.5. The van der Waals surface area contributed by atoms with E-state index in [9.17, 15) is 48.6 Å². The standard InChI is InChI=1S/C29H41N7O11/c30-17(8-11-24(40)41)25(42)35-20(15-37)26(43)32-14-23(39)33-19(13-16-5-2-1-3-6-16)27(44)34-18(9-10-22(31)38)28(45)36-12-4-7-21(36)29(46)47/h1-3,5-6,17-21,37H,4,7-15,30H2,(H2,31,38)(H,32,43)(H,33,39)(H,34,44)(H,35,42)(H,40,41)(H,46,47)/t17-,18-,19-,20-,21-/m0/s1. The zero-order valence-corrected chi connectivity index (χ0v) is 25.6. The monoisotopic (exact) mass is 663 g/mol. The fourth-order valence-electron chi connectivity index (χ4n) is 4.78. The maximum Gasteiger partial charge on any atom is 0.326 e. The summed E-state index contributed by atoms with van der Waals surface area (Å²) < 4.78 is 0. The van der Waals surface area contributed by atoms with Crippen LogP contribution in [-0.2, 0) is 44.8 Å². The van der Waals surface area contributed by atoms with Crippen molar-refractivity contribution in [1.29, 1.82) is 0 Å². The van der Waals surface area contributed by atoms with Gasteiger partial charge in [0.15, 0.2) is 0 Å². The van der Waals surface area contributed by atoms with Crippen molar-refractivity contribution in [2.24, 2.45) is 11.5 Å². The average Bonchev–Trinajstić information content (AvgIpc) is 3.53. The molecule has 18 nitrogen and oxygen atoms in total. The summed E-state index contributed by atoms with van der Waals surface area (Å²) in [5, 5.41) is 37.2. The molecule has 5 atom stereocenters. The first-order valence-electron chi connectivity index (χ1n) is 14.8. The summed E-state index contributed by atoms with van der Waals surface area (Å²) in [5.41, 5.74) is 11.5. The molecule has 1 saturated heterocycles. The second-order valence-electron chi connectivity index (χ2n) is 10.9. The lowest BCUT2D eigenvalue weighted by molar-refractivity contribution is -0.149. The van der Waals surface area contributed by atoms with Gasteiger partial charge in [0.2, 0.25) is 35.4 Å². The second-order valence-corrected chi connectivity index (χ2v) is 10.9. The minimum atomic E-state index is -1.52. The van der Waals surface area contributed by atoms with Gasteiger partial charge in [0.25, 0.3) is 0 Å². The van der Waals surface area contributed by atoms with Gasteiger partial charge in [-0.25, -0.2) is 4.79 Å². The van der Waals surface area contributed by atoms with Crippen LogP contribution in [0.5, 0.6) is 0 Å². The Balaban J connectivity index is 2.13. The van der Waals surface area contributed by atoms with E-state index in [1.54, 1.807) is 30.3 Å². The quantitative estimate of drug-likeness (QED) is 0.0692. The Bertz CT molecular complexity index is 1310. The molecule has 0 aliphatic carbocycles. The molecule has 1 fully saturated rings. The fourth-order valence-corrected chi connectivity index (χ4v) is 4.78. The van der Waals surface area contributed by atoms with E-state index in [1.165, 1.54) is 0 Å². The zero-order chi connectivity index (χ0) is 35.1. The topological polar surface area (TPSA) is 301 Å². The highest BCUT2D eigenvalue weighted by Gasteiger charge is 2.38. The third-order valence-electron chi connectivity index (χ3n) is 7.29. The van der Waals surface area contributed by atoms with Crippen LogP contribution in [0.15, 0.2) is 30.3 Å². The molecular weight excluding hydrogens is 622 g/mol. The van der Waals surface area contributed by atoms with Crippen LogP contribution >= 0.6 is 0 Å². The number of likely N-dealkylation sites (tertiary alicyclic amines) is 1. The van der Waals surface area contributed by atoms with Crippen molar-refractivity contribution >= 4 is 47.4 Å². The number of nitrogens with zero attached hydrogens (tertiary/aromatic N) is 1. The molecule has 258 valence electrons. The zero-order valence-electron chi connectivity index (χ0n) is 25.6. The van der Waals surface area contributed by atoms with Crippen LogP contribution in [0.4, 0.5) is 0 Å². The van der Waals surface area contributed by atoms with Crippen LogP contribution in [0.1, 0.15) is 44.1 Å². The van der Waals surface area contributed by atoms with E-state index in [0.717, 1.165) is 4.90 Å². The molecule has 1 aliphatic heterocycles. The minimum absolute atomic E-state index is 0.0614. The Labute approximate surface area is 269 Å². The average molecular weight is 664 g/mol. The van der Waals surface area contributed by atoms with Crippen molar-refractivity contribution in [3.05, 3.63) is 35.9 Å². The molecule has 0 saturated carbocycles. The molecule has 0 bridgehead atoms. The van der Waals surface area contributed by atoms with Gasteiger partial charge in [-0.15, -0.1) is 0 Å². The molecule has 1 aromatic carbocycles. The number of primary amides is 1. The molecule has 1 aliphatic rings. The van der Waals surface area contributed by atoms with Crippen molar-refractivity contribution in [2.45, 2.75) is 75.2 Å². The van der Waals surface area contributed by atoms with Crippen LogP contribution in [0.25, 0.3) is 0 Å². The number of benzene rings is 1. The van der Waals surface area contributed by atoms with Gasteiger partial charge in [-0.3, -0.25) is 33.6 Å². The lowest BCUT2D eigenvalue weighted by Crippen LogP contribution is -2.57. The number of nitrogens with one attached hydrogen (secondary N) is 4. The number of aliphatic hydroxyl groups excluding tert-OH is 1. The number of nitrogens with two attached hydrogens (primary N) is 2. The van der Waals surface area contributed by atoms with E-state index >= 15 is 0 Å². The Kier molecular flexibility index (Phi) is 15.2. The molecule has 1 aromatic rings. The molecule has 47 heavy (non-hydrogen) atoms. The summed E-state index contributed by atoms with van der Waals surface area (Å²) in [7, 11) is 0. The van der Waals surface area contributed by atoms with E-state index in [-0.39, 0.29) is 38.6 Å². The van der Waals surface area contributed by atoms with Gasteiger partial charge in [0.1, 0.15) is 24.2 Å². The van der Waals surface area contributed by atoms with Crippen LogP contribution in [0.2, 0.25) is 0 Å². The molecule has 18 heteroatoms. The second kappa shape index (κ2) is 18.8. The van der Waals surface area contributed by atoms with E-state index in [4.69, 9.17) is 16.6 Å². The predicted molar refractivity (Wildman–Crippen MR) is 162 cm³/mol. The summed E-state index contributed by atoms with van der Waals surface area (Å²) in [6.07, 6.45) is -0.556. The highest BCUT2D eigenvalue weighted by atomic mass is 16.4. The smallest absolute Gasteiger partial charge is 0.326 e. The van der Waals surface area contributed by atoms with E-state index in [0.29, 0.717) is 12.0 Å². The first-order valence-corrected chi connectivity index (χ1v) is 14.8. The fraction of sp³-hybridized carbons (Fsp3) is 0.517. The van der Waals surface area contributed by atoms with Gasteiger partial charge < -0.3 is 53.0 Å². The van der Waals surface area contributed by atoms with Gasteiger partial charge >= 0.3 is 11.9 Å². The van der Waals surface area contributed by atoms with Gasteiger partial charge in [-0.05, 0) is 31.2 Å². The predicted octanol–water partition coefficient (Wildman–Crippen LogP) is -3.67. The summed E-state index contributed by atoms with van der Waals surface area (Å²) in [6.45, 7) is -1.44. The maximum atomic E-state index is 13.5. The first-order chi connectivity index (χ1) is 22.2. The number of hydrogen-bond donors (Lipinski definition) is 9. The number of carbonyl (C=O) groups is 8. The Morgan fingerprint density at radius 2 is 1.51 bits per heavy atom. The SMILES string of the molecule is NC(=O)CC[C@H](NC(=O)[C@H](Cc1ccccc1)NC(=O)CNC(=O)[C@H](CO)NC(=O)[C@@H](N)CCC(=O)O)C(=O)N1CCC[C@H]1C(=O)O. The molecule has 11 N–H and O–H groups in total. The lowest BCUT2D eigenvalue weighted by Gasteiger charge is -2.28. The van der Waals surface area contributed by atoms with Crippen LogP contribution in [-0.4, -0.2) is 118 Å². The summed E-state index contributed by atoms with van der Waals surface area (Å²) in [5.74, 6) is -7.43. The molecule has 2 rings (SSSR count). The van der Waals surface area contributed by atoms with Crippen molar-refractivity contribution < 1.29 is 53.7 Å². The van der Waals surface area contributed by atoms with Crippen LogP contribution in [0.3, 0.4) is 0 Å². The third kappa shape index (κ3) is 12.7.